The number of hydrogen-bond acceptors (Lipinski definition) is 10. The number of carbonyl (C=O) groups is 1. The number of aromatic nitrogens is 1. The van der Waals surface area contributed by atoms with E-state index in [0.717, 1.165) is 0 Å². The Labute approximate surface area is 158 Å². The number of aromatic hydroxyl groups is 1. The molecular formula is C17H19NO8S. The van der Waals surface area contributed by atoms with E-state index in [-0.39, 0.29) is 29.3 Å². The van der Waals surface area contributed by atoms with Crippen molar-refractivity contribution >= 4 is 17.1 Å². The number of hydrogen-bond donors (Lipinski definition) is 5. The summed E-state index contributed by atoms with van der Waals surface area (Å²) in [5.41, 5.74) is 2.30. The fourth-order valence-electron chi connectivity index (χ4n) is 2.70. The van der Waals surface area contributed by atoms with Gasteiger partial charge in [0.05, 0.1) is 29.8 Å². The van der Waals surface area contributed by atoms with Gasteiger partial charge in [0, 0.05) is 11.4 Å². The third-order valence-corrected chi connectivity index (χ3v) is 4.83. The predicted molar refractivity (Wildman–Crippen MR) is 92.7 cm³/mol. The lowest BCUT2D eigenvalue weighted by Gasteiger charge is -2.39. The second kappa shape index (κ2) is 8.30. The molecule has 3 rings (SSSR count). The molecule has 1 aromatic heterocycles. The van der Waals surface area contributed by atoms with E-state index in [9.17, 15) is 30.3 Å². The molecule has 0 radical (unpaired) electrons. The van der Waals surface area contributed by atoms with Crippen molar-refractivity contribution in [1.82, 2.24) is 4.98 Å². The van der Waals surface area contributed by atoms with Gasteiger partial charge in [-0.25, -0.2) is 4.98 Å². The van der Waals surface area contributed by atoms with Crippen LogP contribution in [-0.4, -0.2) is 73.6 Å². The maximum Gasteiger partial charge on any atom is 0.229 e. The van der Waals surface area contributed by atoms with Crippen LogP contribution in [0.5, 0.6) is 11.5 Å². The number of thiazole rings is 1. The van der Waals surface area contributed by atoms with E-state index < -0.39 is 37.3 Å². The predicted octanol–water partition coefficient (Wildman–Crippen LogP) is -0.547. The van der Waals surface area contributed by atoms with E-state index in [1.165, 1.54) is 29.5 Å². The van der Waals surface area contributed by atoms with Gasteiger partial charge in [-0.2, -0.15) is 0 Å². The fourth-order valence-corrected chi connectivity index (χ4v) is 3.26. The number of aliphatic hydroxyl groups excluding tert-OH is 4. The van der Waals surface area contributed by atoms with Gasteiger partial charge < -0.3 is 35.0 Å². The van der Waals surface area contributed by atoms with Gasteiger partial charge in [-0.3, -0.25) is 4.79 Å². The highest BCUT2D eigenvalue weighted by Gasteiger charge is 2.44. The Bertz CT molecular complexity index is 781. The first-order valence-corrected chi connectivity index (χ1v) is 9.05. The monoisotopic (exact) mass is 397 g/mol. The zero-order valence-electron chi connectivity index (χ0n) is 14.0. The summed E-state index contributed by atoms with van der Waals surface area (Å²) < 4.78 is 10.6. The molecule has 146 valence electrons. The second-order valence-electron chi connectivity index (χ2n) is 6.07. The Hall–Kier alpha value is -2.08. The molecule has 1 aliphatic rings. The van der Waals surface area contributed by atoms with Crippen molar-refractivity contribution in [2.24, 2.45) is 0 Å². The molecule has 0 saturated carbocycles. The van der Waals surface area contributed by atoms with E-state index in [1.54, 1.807) is 10.9 Å². The van der Waals surface area contributed by atoms with Crippen molar-refractivity contribution in [3.63, 3.8) is 0 Å². The van der Waals surface area contributed by atoms with Gasteiger partial charge in [0.1, 0.15) is 35.9 Å². The van der Waals surface area contributed by atoms with Crippen molar-refractivity contribution in [3.05, 3.63) is 40.3 Å². The SMILES string of the molecule is O=C(Cc1cscn1)c1ccc(OC2OC(CO)C(O)C(O)C2O)cc1O. The van der Waals surface area contributed by atoms with E-state index >= 15 is 0 Å². The third-order valence-electron chi connectivity index (χ3n) is 4.20. The average molecular weight is 397 g/mol. The molecule has 0 aliphatic carbocycles. The molecule has 5 unspecified atom stereocenters. The molecule has 0 spiro atoms. The van der Waals surface area contributed by atoms with Gasteiger partial charge in [0.15, 0.2) is 5.78 Å². The summed E-state index contributed by atoms with van der Waals surface area (Å²) in [5.74, 6) is -0.572. The van der Waals surface area contributed by atoms with Crippen LogP contribution in [0, 0.1) is 0 Å². The first-order chi connectivity index (χ1) is 12.9. The van der Waals surface area contributed by atoms with Gasteiger partial charge >= 0.3 is 0 Å². The summed E-state index contributed by atoms with van der Waals surface area (Å²) in [5, 5.41) is 50.5. The van der Waals surface area contributed by atoms with Crippen molar-refractivity contribution in [2.45, 2.75) is 37.1 Å². The number of ether oxygens (including phenoxy) is 2. The second-order valence-corrected chi connectivity index (χ2v) is 6.79. The highest BCUT2D eigenvalue weighted by atomic mass is 32.1. The Morgan fingerprint density at radius 2 is 2.00 bits per heavy atom. The van der Waals surface area contributed by atoms with Crippen LogP contribution in [0.4, 0.5) is 0 Å². The molecule has 1 aliphatic heterocycles. The van der Waals surface area contributed by atoms with E-state index in [0.29, 0.717) is 5.69 Å². The zero-order chi connectivity index (χ0) is 19.6. The zero-order valence-corrected chi connectivity index (χ0v) is 14.8. The number of ketones is 1. The van der Waals surface area contributed by atoms with Gasteiger partial charge in [-0.05, 0) is 12.1 Å². The molecule has 1 fully saturated rings. The lowest BCUT2D eigenvalue weighted by atomic mass is 9.99. The van der Waals surface area contributed by atoms with Crippen LogP contribution in [0.15, 0.2) is 29.1 Å². The van der Waals surface area contributed by atoms with Crippen LogP contribution < -0.4 is 4.74 Å². The van der Waals surface area contributed by atoms with Crippen molar-refractivity contribution in [3.8, 4) is 11.5 Å². The number of rotatable bonds is 6. The number of phenolic OH excluding ortho intramolecular Hbond substituents is 1. The summed E-state index contributed by atoms with van der Waals surface area (Å²) >= 11 is 1.37. The molecule has 2 aromatic rings. The van der Waals surface area contributed by atoms with Crippen LogP contribution in [0.25, 0.3) is 0 Å². The van der Waals surface area contributed by atoms with E-state index in [2.05, 4.69) is 4.98 Å². The molecule has 0 amide bonds. The first-order valence-electron chi connectivity index (χ1n) is 8.11. The smallest absolute Gasteiger partial charge is 0.229 e. The molecule has 27 heavy (non-hydrogen) atoms. The van der Waals surface area contributed by atoms with Crippen molar-refractivity contribution < 1.29 is 39.8 Å². The minimum atomic E-state index is -1.58. The van der Waals surface area contributed by atoms with Crippen LogP contribution in [0.2, 0.25) is 0 Å². The number of benzene rings is 1. The van der Waals surface area contributed by atoms with Gasteiger partial charge in [0.25, 0.3) is 0 Å². The Kier molecular flexibility index (Phi) is 6.05. The molecule has 5 N–H and O–H groups in total. The summed E-state index contributed by atoms with van der Waals surface area (Å²) in [6.07, 6.45) is -7.09. The topological polar surface area (TPSA) is 150 Å². The van der Waals surface area contributed by atoms with Crippen LogP contribution in [0.3, 0.4) is 0 Å². The minimum absolute atomic E-state index is 0.0456. The Balaban J connectivity index is 1.71. The van der Waals surface area contributed by atoms with Crippen molar-refractivity contribution in [2.75, 3.05) is 6.61 Å². The molecular weight excluding hydrogens is 378 g/mol. The number of aliphatic hydroxyl groups is 4. The normalized spacial score (nSPS) is 28.1. The standard InChI is InChI=1S/C17H19NO8S/c19-5-13-14(22)15(23)16(24)17(26-13)25-9-1-2-10(12(21)4-9)11(20)3-8-6-27-7-18-8/h1-2,4,6-7,13-17,19,21-24H,3,5H2. The number of phenols is 1. The van der Waals surface area contributed by atoms with Crippen LogP contribution >= 0.6 is 11.3 Å². The third kappa shape index (κ3) is 4.26. The lowest BCUT2D eigenvalue weighted by Crippen LogP contribution is -2.60. The Morgan fingerprint density at radius 3 is 2.63 bits per heavy atom. The van der Waals surface area contributed by atoms with Gasteiger partial charge in [-0.1, -0.05) is 0 Å². The van der Waals surface area contributed by atoms with Crippen molar-refractivity contribution in [1.29, 1.82) is 0 Å². The highest BCUT2D eigenvalue weighted by molar-refractivity contribution is 7.07. The lowest BCUT2D eigenvalue weighted by molar-refractivity contribution is -0.277. The van der Waals surface area contributed by atoms with E-state index in [4.69, 9.17) is 9.47 Å². The number of carbonyl (C=O) groups excluding carboxylic acids is 1. The molecule has 10 heteroatoms. The molecule has 2 heterocycles. The van der Waals surface area contributed by atoms with Crippen LogP contribution in [0.1, 0.15) is 16.1 Å². The largest absolute Gasteiger partial charge is 0.507 e. The van der Waals surface area contributed by atoms with Gasteiger partial charge in [0.2, 0.25) is 6.29 Å². The van der Waals surface area contributed by atoms with Crippen LogP contribution in [-0.2, 0) is 11.2 Å². The Morgan fingerprint density at radius 1 is 1.22 bits per heavy atom. The van der Waals surface area contributed by atoms with Gasteiger partial charge in [-0.15, -0.1) is 11.3 Å². The summed E-state index contributed by atoms with van der Waals surface area (Å²) in [6.45, 7) is -0.583. The average Bonchev–Trinajstić information content (AvgIpc) is 3.15. The molecule has 0 bridgehead atoms. The maximum atomic E-state index is 12.3. The molecule has 1 saturated heterocycles. The first kappa shape index (κ1) is 19.7. The molecule has 1 aromatic carbocycles. The summed E-state index contributed by atoms with van der Waals surface area (Å²) in [7, 11) is 0. The quantitative estimate of drug-likeness (QED) is 0.405. The maximum absolute atomic E-state index is 12.3. The summed E-state index contributed by atoms with van der Waals surface area (Å²) in [6, 6.07) is 3.94. The number of Topliss-reactive ketones (excluding diaryl/α,β-unsaturated/α-hetero) is 1. The minimum Gasteiger partial charge on any atom is -0.507 e. The number of nitrogens with zero attached hydrogens (tertiary/aromatic N) is 1. The fraction of sp³-hybridized carbons (Fsp3) is 0.412. The molecule has 5 atom stereocenters. The molecule has 9 nitrogen and oxygen atoms in total. The van der Waals surface area contributed by atoms with E-state index in [1.807, 2.05) is 0 Å². The summed E-state index contributed by atoms with van der Waals surface area (Å²) in [4.78, 5) is 16.3. The highest BCUT2D eigenvalue weighted by Crippen LogP contribution is 2.29.